The lowest BCUT2D eigenvalue weighted by atomic mass is 10.0. The van der Waals surface area contributed by atoms with Crippen LogP contribution in [0.4, 0.5) is 0 Å². The van der Waals surface area contributed by atoms with Crippen molar-refractivity contribution in [3.8, 4) is 0 Å². The van der Waals surface area contributed by atoms with Crippen LogP contribution in [-0.4, -0.2) is 62.1 Å². The molecule has 1 saturated heterocycles. The summed E-state index contributed by atoms with van der Waals surface area (Å²) in [6.07, 6.45) is 1.11. The van der Waals surface area contributed by atoms with Crippen molar-refractivity contribution in [3.63, 3.8) is 0 Å². The monoisotopic (exact) mass is 527 g/mol. The van der Waals surface area contributed by atoms with Gasteiger partial charge in [0.1, 0.15) is 0 Å². The Bertz CT molecular complexity index is 707. The molecule has 2 N–H and O–H groups in total. The lowest BCUT2D eigenvalue weighted by Crippen LogP contribution is -2.47. The van der Waals surface area contributed by atoms with Crippen LogP contribution in [0.5, 0.6) is 0 Å². The third-order valence-electron chi connectivity index (χ3n) is 5.11. The van der Waals surface area contributed by atoms with E-state index in [1.165, 1.54) is 10.4 Å². The standard InChI is InChI=1S/C22H33N5S.HI/c1-3-23-22(25-17-20-11-7-16-28-20)24-12-8-13-27-15-14-26(2)18-21(27)19-9-5-4-6-10-19;/h4-7,9-11,16,21H,3,8,12-15,17-18H2,1-2H3,(H2,23,24,25);1H. The van der Waals surface area contributed by atoms with Gasteiger partial charge in [-0.15, -0.1) is 35.3 Å². The van der Waals surface area contributed by atoms with Gasteiger partial charge in [-0.3, -0.25) is 4.90 Å². The maximum absolute atomic E-state index is 4.70. The summed E-state index contributed by atoms with van der Waals surface area (Å²) >= 11 is 1.76. The number of guanidine groups is 1. The second-order valence-corrected chi connectivity index (χ2v) is 8.31. The largest absolute Gasteiger partial charge is 0.357 e. The Morgan fingerprint density at radius 1 is 1.14 bits per heavy atom. The molecule has 0 aliphatic carbocycles. The third-order valence-corrected chi connectivity index (χ3v) is 5.97. The first-order chi connectivity index (χ1) is 13.8. The number of hydrogen-bond acceptors (Lipinski definition) is 4. The molecule has 7 heteroatoms. The summed E-state index contributed by atoms with van der Waals surface area (Å²) < 4.78 is 0. The molecule has 5 nitrogen and oxygen atoms in total. The first-order valence-electron chi connectivity index (χ1n) is 10.3. The van der Waals surface area contributed by atoms with Gasteiger partial charge in [0.25, 0.3) is 0 Å². The lowest BCUT2D eigenvalue weighted by molar-refractivity contribution is 0.0891. The van der Waals surface area contributed by atoms with Crippen LogP contribution >= 0.6 is 35.3 Å². The molecular weight excluding hydrogens is 493 g/mol. The van der Waals surface area contributed by atoms with Gasteiger partial charge in [-0.1, -0.05) is 36.4 Å². The SMILES string of the molecule is CCNC(=NCc1cccs1)NCCCN1CCN(C)CC1c1ccccc1.I. The molecule has 0 spiro atoms. The number of hydrogen-bond donors (Lipinski definition) is 2. The van der Waals surface area contributed by atoms with Gasteiger partial charge in [0, 0.05) is 50.2 Å². The maximum Gasteiger partial charge on any atom is 0.191 e. The number of rotatable bonds is 8. The molecule has 160 valence electrons. The Morgan fingerprint density at radius 3 is 2.69 bits per heavy atom. The van der Waals surface area contributed by atoms with Crippen LogP contribution in [0.15, 0.2) is 52.8 Å². The Labute approximate surface area is 196 Å². The second-order valence-electron chi connectivity index (χ2n) is 7.28. The van der Waals surface area contributed by atoms with E-state index in [1.807, 2.05) is 0 Å². The first-order valence-corrected chi connectivity index (χ1v) is 11.2. The average Bonchev–Trinajstić information content (AvgIpc) is 3.24. The topological polar surface area (TPSA) is 42.9 Å². The van der Waals surface area contributed by atoms with E-state index in [9.17, 15) is 0 Å². The van der Waals surface area contributed by atoms with Crippen LogP contribution < -0.4 is 10.6 Å². The van der Waals surface area contributed by atoms with Gasteiger partial charge in [-0.2, -0.15) is 0 Å². The van der Waals surface area contributed by atoms with Crippen molar-refractivity contribution >= 4 is 41.3 Å². The minimum Gasteiger partial charge on any atom is -0.357 e. The Balaban J connectivity index is 0.00000300. The fourth-order valence-corrected chi connectivity index (χ4v) is 4.23. The van der Waals surface area contributed by atoms with Crippen molar-refractivity contribution < 1.29 is 0 Å². The highest BCUT2D eigenvalue weighted by molar-refractivity contribution is 14.0. The zero-order chi connectivity index (χ0) is 19.6. The lowest BCUT2D eigenvalue weighted by Gasteiger charge is -2.40. The van der Waals surface area contributed by atoms with E-state index in [1.54, 1.807) is 11.3 Å². The molecule has 1 aromatic heterocycles. The number of halogens is 1. The van der Waals surface area contributed by atoms with Crippen LogP contribution in [0, 0.1) is 0 Å². The summed E-state index contributed by atoms with van der Waals surface area (Å²) in [4.78, 5) is 11.1. The van der Waals surface area contributed by atoms with Gasteiger partial charge >= 0.3 is 0 Å². The van der Waals surface area contributed by atoms with E-state index in [-0.39, 0.29) is 24.0 Å². The molecule has 3 rings (SSSR count). The van der Waals surface area contributed by atoms with E-state index in [0.29, 0.717) is 6.04 Å². The second kappa shape index (κ2) is 13.2. The van der Waals surface area contributed by atoms with Crippen LogP contribution in [0.3, 0.4) is 0 Å². The van der Waals surface area contributed by atoms with Crippen molar-refractivity contribution in [2.75, 3.05) is 46.3 Å². The van der Waals surface area contributed by atoms with Crippen molar-refractivity contribution in [1.29, 1.82) is 0 Å². The van der Waals surface area contributed by atoms with Crippen LogP contribution in [0.1, 0.15) is 29.8 Å². The predicted octanol–water partition coefficient (Wildman–Crippen LogP) is 3.80. The highest BCUT2D eigenvalue weighted by Crippen LogP contribution is 2.24. The van der Waals surface area contributed by atoms with Crippen molar-refractivity contribution in [1.82, 2.24) is 20.4 Å². The Morgan fingerprint density at radius 2 is 1.97 bits per heavy atom. The maximum atomic E-state index is 4.70. The van der Waals surface area contributed by atoms with E-state index in [0.717, 1.165) is 58.2 Å². The van der Waals surface area contributed by atoms with E-state index >= 15 is 0 Å². The molecule has 1 aromatic carbocycles. The molecule has 2 aromatic rings. The fourth-order valence-electron chi connectivity index (χ4n) is 3.61. The molecule has 29 heavy (non-hydrogen) atoms. The van der Waals surface area contributed by atoms with Gasteiger partial charge in [-0.05, 0) is 37.4 Å². The zero-order valence-electron chi connectivity index (χ0n) is 17.5. The number of nitrogens with zero attached hydrogens (tertiary/aromatic N) is 3. The summed E-state index contributed by atoms with van der Waals surface area (Å²) in [7, 11) is 2.22. The first kappa shape index (κ1) is 24.1. The number of nitrogens with one attached hydrogen (secondary N) is 2. The molecule has 0 saturated carbocycles. The number of piperazine rings is 1. The smallest absolute Gasteiger partial charge is 0.191 e. The zero-order valence-corrected chi connectivity index (χ0v) is 20.7. The Hall–Kier alpha value is -1.16. The van der Waals surface area contributed by atoms with Gasteiger partial charge in [0.05, 0.1) is 6.54 Å². The summed E-state index contributed by atoms with van der Waals surface area (Å²) in [6, 6.07) is 15.6. The molecule has 1 atom stereocenters. The quantitative estimate of drug-likeness (QED) is 0.237. The summed E-state index contributed by atoms with van der Waals surface area (Å²) in [5.74, 6) is 0.911. The fraction of sp³-hybridized carbons (Fsp3) is 0.500. The third kappa shape index (κ3) is 7.88. The van der Waals surface area contributed by atoms with Gasteiger partial charge in [0.2, 0.25) is 0 Å². The Kier molecular flexibility index (Phi) is 11.0. The van der Waals surface area contributed by atoms with Gasteiger partial charge < -0.3 is 15.5 Å². The predicted molar refractivity (Wildman–Crippen MR) is 135 cm³/mol. The van der Waals surface area contributed by atoms with Gasteiger partial charge in [-0.25, -0.2) is 4.99 Å². The van der Waals surface area contributed by atoms with Gasteiger partial charge in [0.15, 0.2) is 5.96 Å². The molecule has 0 radical (unpaired) electrons. The van der Waals surface area contributed by atoms with E-state index in [4.69, 9.17) is 4.99 Å². The summed E-state index contributed by atoms with van der Waals surface area (Å²) in [5.41, 5.74) is 1.42. The molecule has 0 amide bonds. The number of benzene rings is 1. The minimum absolute atomic E-state index is 0. The summed E-state index contributed by atoms with van der Waals surface area (Å²) in [5, 5.41) is 8.94. The minimum atomic E-state index is 0. The van der Waals surface area contributed by atoms with Crippen LogP contribution in [-0.2, 0) is 6.54 Å². The average molecular weight is 528 g/mol. The van der Waals surface area contributed by atoms with Crippen molar-refractivity contribution in [3.05, 3.63) is 58.3 Å². The van der Waals surface area contributed by atoms with Crippen LogP contribution in [0.25, 0.3) is 0 Å². The highest BCUT2D eigenvalue weighted by atomic mass is 127. The number of thiophene rings is 1. The summed E-state index contributed by atoms with van der Waals surface area (Å²) in [6.45, 7) is 9.13. The number of aliphatic imine (C=N–C) groups is 1. The molecule has 0 bridgehead atoms. The van der Waals surface area contributed by atoms with Crippen molar-refractivity contribution in [2.24, 2.45) is 4.99 Å². The van der Waals surface area contributed by atoms with Crippen molar-refractivity contribution in [2.45, 2.75) is 25.9 Å². The molecule has 1 aliphatic rings. The molecule has 1 unspecified atom stereocenters. The molecular formula is C22H34IN5S. The van der Waals surface area contributed by atoms with E-state index in [2.05, 4.69) is 82.2 Å². The molecule has 1 aliphatic heterocycles. The molecule has 1 fully saturated rings. The molecule has 2 heterocycles. The normalized spacial score (nSPS) is 18.3. The van der Waals surface area contributed by atoms with Crippen LogP contribution in [0.2, 0.25) is 0 Å². The van der Waals surface area contributed by atoms with E-state index < -0.39 is 0 Å². The number of likely N-dealkylation sites (N-methyl/N-ethyl adjacent to an activating group) is 1. The highest BCUT2D eigenvalue weighted by Gasteiger charge is 2.25.